The maximum Gasteiger partial charge on any atom is 0.304 e. The van der Waals surface area contributed by atoms with Gasteiger partial charge in [-0.25, -0.2) is 0 Å². The topological polar surface area (TPSA) is 86.4 Å². The van der Waals surface area contributed by atoms with Crippen molar-refractivity contribution < 1.29 is 14.6 Å². The number of benzene rings is 2. The Labute approximate surface area is 171 Å². The van der Waals surface area contributed by atoms with Crippen molar-refractivity contribution in [3.05, 3.63) is 65.9 Å². The third-order valence-corrected chi connectivity index (χ3v) is 5.19. The second kappa shape index (κ2) is 10.1. The maximum absolute atomic E-state index is 11.3. The highest BCUT2D eigenvalue weighted by Crippen LogP contribution is 2.20. The molecule has 3 rings (SSSR count). The minimum atomic E-state index is -0.790. The van der Waals surface area contributed by atoms with E-state index in [1.54, 1.807) is 7.11 Å². The van der Waals surface area contributed by atoms with Crippen LogP contribution >= 0.6 is 0 Å². The molecule has 6 nitrogen and oxygen atoms in total. The summed E-state index contributed by atoms with van der Waals surface area (Å²) >= 11 is 0. The first kappa shape index (κ1) is 20.9. The number of nitrogens with one attached hydrogen (secondary N) is 3. The minimum absolute atomic E-state index is 0.0908. The lowest BCUT2D eigenvalue weighted by Gasteiger charge is -2.19. The Morgan fingerprint density at radius 1 is 1.10 bits per heavy atom. The van der Waals surface area contributed by atoms with Gasteiger partial charge >= 0.3 is 5.97 Å². The number of carboxylic acid groups (broad SMARTS) is 1. The van der Waals surface area contributed by atoms with Gasteiger partial charge < -0.3 is 25.5 Å². The number of methoxy groups -OCH3 is 1. The van der Waals surface area contributed by atoms with E-state index in [1.165, 1.54) is 5.56 Å². The lowest BCUT2D eigenvalue weighted by molar-refractivity contribution is -0.137. The lowest BCUT2D eigenvalue weighted by atomic mass is 10.0. The summed E-state index contributed by atoms with van der Waals surface area (Å²) in [6.45, 7) is 3.56. The highest BCUT2D eigenvalue weighted by Gasteiger charge is 2.16. The molecule has 1 aromatic heterocycles. The molecule has 2 aromatic carbocycles. The summed E-state index contributed by atoms with van der Waals surface area (Å²) in [5, 5.41) is 17.3. The first-order valence-electron chi connectivity index (χ1n) is 9.94. The summed E-state index contributed by atoms with van der Waals surface area (Å²) in [6, 6.07) is 16.2. The number of para-hydroxylation sites is 1. The Bertz CT molecular complexity index is 921. The molecule has 0 bridgehead atoms. The van der Waals surface area contributed by atoms with Gasteiger partial charge in [-0.05, 0) is 42.7 Å². The number of H-pyrrole nitrogens is 1. The predicted molar refractivity (Wildman–Crippen MR) is 115 cm³/mol. The molecule has 0 spiro atoms. The van der Waals surface area contributed by atoms with E-state index >= 15 is 0 Å². The molecular weight excluding hydrogens is 366 g/mol. The van der Waals surface area contributed by atoms with Crippen molar-refractivity contribution in [3.8, 4) is 5.75 Å². The Morgan fingerprint density at radius 3 is 2.55 bits per heavy atom. The number of hydrogen-bond donors (Lipinski definition) is 4. The van der Waals surface area contributed by atoms with E-state index in [-0.39, 0.29) is 18.5 Å². The fraction of sp³-hybridized carbons (Fsp3) is 0.348. The van der Waals surface area contributed by atoms with E-state index in [0.29, 0.717) is 13.0 Å². The number of rotatable bonds is 11. The zero-order valence-corrected chi connectivity index (χ0v) is 16.9. The molecule has 0 aliphatic carbocycles. The normalized spacial score (nSPS) is 13.3. The van der Waals surface area contributed by atoms with Crippen LogP contribution in [0.5, 0.6) is 5.75 Å². The number of aromatic nitrogens is 1. The summed E-state index contributed by atoms with van der Waals surface area (Å²) in [5.74, 6) is 0.0540. The number of fused-ring (bicyclic) bond motifs is 1. The fourth-order valence-corrected chi connectivity index (χ4v) is 3.57. The highest BCUT2D eigenvalue weighted by molar-refractivity contribution is 5.83. The van der Waals surface area contributed by atoms with Crippen molar-refractivity contribution in [1.29, 1.82) is 0 Å². The number of ether oxygens (including phenoxy) is 1. The van der Waals surface area contributed by atoms with Crippen LogP contribution in [0.1, 0.15) is 30.5 Å². The van der Waals surface area contributed by atoms with Crippen molar-refractivity contribution in [3.63, 3.8) is 0 Å². The molecule has 0 radical (unpaired) electrons. The van der Waals surface area contributed by atoms with E-state index in [9.17, 15) is 9.90 Å². The number of hydrogen-bond acceptors (Lipinski definition) is 4. The van der Waals surface area contributed by atoms with Crippen molar-refractivity contribution in [2.24, 2.45) is 0 Å². The zero-order chi connectivity index (χ0) is 20.6. The molecule has 6 heteroatoms. The molecule has 0 amide bonds. The van der Waals surface area contributed by atoms with Crippen LogP contribution in [-0.4, -0.2) is 42.3 Å². The number of aliphatic carboxylic acids is 1. The molecule has 1 heterocycles. The number of aromatic amines is 1. The molecule has 0 saturated heterocycles. The Balaban J connectivity index is 1.51. The van der Waals surface area contributed by atoms with E-state index in [2.05, 4.69) is 28.6 Å². The smallest absolute Gasteiger partial charge is 0.304 e. The third kappa shape index (κ3) is 5.82. The molecule has 154 valence electrons. The quantitative estimate of drug-likeness (QED) is 0.373. The largest absolute Gasteiger partial charge is 0.497 e. The van der Waals surface area contributed by atoms with Gasteiger partial charge in [0.2, 0.25) is 0 Å². The molecular formula is C23H29N3O3. The Kier molecular flexibility index (Phi) is 7.27. The summed E-state index contributed by atoms with van der Waals surface area (Å²) in [6.07, 6.45) is 2.74. The van der Waals surface area contributed by atoms with Gasteiger partial charge in [0.1, 0.15) is 5.75 Å². The van der Waals surface area contributed by atoms with Crippen LogP contribution in [0.2, 0.25) is 0 Å². The van der Waals surface area contributed by atoms with E-state index in [1.807, 2.05) is 48.7 Å². The van der Waals surface area contributed by atoms with Gasteiger partial charge in [0.15, 0.2) is 0 Å². The lowest BCUT2D eigenvalue weighted by Crippen LogP contribution is -2.38. The van der Waals surface area contributed by atoms with Crippen LogP contribution in [0.15, 0.2) is 54.7 Å². The average molecular weight is 396 g/mol. The summed E-state index contributed by atoms with van der Waals surface area (Å²) in [5.41, 5.74) is 3.40. The van der Waals surface area contributed by atoms with Gasteiger partial charge in [0, 0.05) is 42.3 Å². The van der Waals surface area contributed by atoms with Crippen LogP contribution in [0.4, 0.5) is 0 Å². The SMILES string of the molecule is COc1ccc(C(C)NCCN[C@@H](CC(=O)O)Cc2c[nH]c3ccccc23)cc1. The second-order valence-electron chi connectivity index (χ2n) is 7.26. The summed E-state index contributed by atoms with van der Waals surface area (Å²) in [4.78, 5) is 14.6. The van der Waals surface area contributed by atoms with Gasteiger partial charge in [-0.2, -0.15) is 0 Å². The zero-order valence-electron chi connectivity index (χ0n) is 16.9. The predicted octanol–water partition coefficient (Wildman–Crippen LogP) is 3.50. The van der Waals surface area contributed by atoms with Crippen molar-refractivity contribution >= 4 is 16.9 Å². The van der Waals surface area contributed by atoms with Gasteiger partial charge in [-0.3, -0.25) is 4.79 Å². The van der Waals surface area contributed by atoms with Gasteiger partial charge in [0.25, 0.3) is 0 Å². The molecule has 0 saturated carbocycles. The monoisotopic (exact) mass is 395 g/mol. The molecule has 0 aliphatic rings. The molecule has 29 heavy (non-hydrogen) atoms. The van der Waals surface area contributed by atoms with Gasteiger partial charge in [0.05, 0.1) is 13.5 Å². The standard InChI is InChI=1S/C23H29N3O3/c1-16(17-7-9-20(29-2)10-8-17)24-11-12-25-19(14-23(27)28)13-18-15-26-22-6-4-3-5-21(18)22/h3-10,15-16,19,24-26H,11-14H2,1-2H3,(H,27,28)/t16?,19-/m1/s1. The highest BCUT2D eigenvalue weighted by atomic mass is 16.5. The minimum Gasteiger partial charge on any atom is -0.497 e. The van der Waals surface area contributed by atoms with Crippen molar-refractivity contribution in [2.75, 3.05) is 20.2 Å². The van der Waals surface area contributed by atoms with Gasteiger partial charge in [-0.1, -0.05) is 30.3 Å². The summed E-state index contributed by atoms with van der Waals surface area (Å²) < 4.78 is 5.19. The fourth-order valence-electron chi connectivity index (χ4n) is 3.57. The van der Waals surface area contributed by atoms with Crippen LogP contribution in [-0.2, 0) is 11.2 Å². The second-order valence-corrected chi connectivity index (χ2v) is 7.26. The van der Waals surface area contributed by atoms with E-state index < -0.39 is 5.97 Å². The van der Waals surface area contributed by atoms with Crippen LogP contribution in [0.3, 0.4) is 0 Å². The van der Waals surface area contributed by atoms with Crippen LogP contribution in [0, 0.1) is 0 Å². The Hall–Kier alpha value is -2.83. The van der Waals surface area contributed by atoms with Crippen molar-refractivity contribution in [1.82, 2.24) is 15.6 Å². The number of carboxylic acids is 1. The van der Waals surface area contributed by atoms with E-state index in [0.717, 1.165) is 28.8 Å². The summed E-state index contributed by atoms with van der Waals surface area (Å²) in [7, 11) is 1.66. The maximum atomic E-state index is 11.3. The number of carbonyl (C=O) groups is 1. The van der Waals surface area contributed by atoms with Gasteiger partial charge in [-0.15, -0.1) is 0 Å². The van der Waals surface area contributed by atoms with Crippen LogP contribution < -0.4 is 15.4 Å². The molecule has 0 fully saturated rings. The van der Waals surface area contributed by atoms with E-state index in [4.69, 9.17) is 4.74 Å². The molecule has 2 atom stereocenters. The van der Waals surface area contributed by atoms with Crippen molar-refractivity contribution in [2.45, 2.75) is 31.8 Å². The molecule has 4 N–H and O–H groups in total. The third-order valence-electron chi connectivity index (χ3n) is 5.19. The molecule has 0 aliphatic heterocycles. The first-order valence-corrected chi connectivity index (χ1v) is 9.94. The Morgan fingerprint density at radius 2 is 1.83 bits per heavy atom. The first-order chi connectivity index (χ1) is 14.1. The van der Waals surface area contributed by atoms with Crippen LogP contribution in [0.25, 0.3) is 10.9 Å². The molecule has 3 aromatic rings. The molecule has 1 unspecified atom stereocenters. The average Bonchev–Trinajstić information content (AvgIpc) is 3.13.